The lowest BCUT2D eigenvalue weighted by Gasteiger charge is -1.64. The molecule has 0 saturated heterocycles. The molecule has 6 heavy (non-hydrogen) atoms. The van der Waals surface area contributed by atoms with Crippen LogP contribution in [0.5, 0.6) is 0 Å². The molecule has 0 N–H and O–H groups in total. The summed E-state index contributed by atoms with van der Waals surface area (Å²) in [5, 5.41) is 0. The van der Waals surface area contributed by atoms with Crippen LogP contribution in [0.15, 0.2) is 9.98 Å². The number of rotatable bonds is 0. The molecule has 0 spiro atoms. The van der Waals surface area contributed by atoms with E-state index in [1.807, 2.05) is 0 Å². The van der Waals surface area contributed by atoms with Crippen molar-refractivity contribution in [1.29, 1.82) is 0 Å². The van der Waals surface area contributed by atoms with Crippen LogP contribution in [0.4, 0.5) is 0 Å². The van der Waals surface area contributed by atoms with Crippen molar-refractivity contribution in [2.75, 3.05) is 0 Å². The highest BCUT2D eigenvalue weighted by Crippen LogP contribution is 1.80. The van der Waals surface area contributed by atoms with E-state index in [1.165, 1.54) is 6.21 Å². The maximum atomic E-state index is 4.54. The zero-order valence-corrected chi connectivity index (χ0v) is 3.70. The van der Waals surface area contributed by atoms with Crippen LogP contribution in [0.3, 0.4) is 0 Å². The van der Waals surface area contributed by atoms with Crippen molar-refractivity contribution in [3.63, 3.8) is 0 Å². The third-order valence-corrected chi connectivity index (χ3v) is 0.590. The van der Waals surface area contributed by atoms with Gasteiger partial charge in [-0.2, -0.15) is 0 Å². The van der Waals surface area contributed by atoms with E-state index in [0.29, 0.717) is 4.99 Å². The molecule has 1 radical (unpaired) electrons. The number of thiocarbonyl (C=S) groups is 1. The van der Waals surface area contributed by atoms with Crippen molar-refractivity contribution in [3.05, 3.63) is 0 Å². The molecule has 1 aliphatic heterocycles. The van der Waals surface area contributed by atoms with Gasteiger partial charge in [0, 0.05) is 0 Å². The van der Waals surface area contributed by atoms with Crippen LogP contribution in [0, 0.1) is 0 Å². The van der Waals surface area contributed by atoms with E-state index in [4.69, 9.17) is 0 Å². The van der Waals surface area contributed by atoms with Gasteiger partial charge < -0.3 is 0 Å². The Morgan fingerprint density at radius 2 is 2.67 bits per heavy atom. The third kappa shape index (κ3) is 0.490. The maximum Gasteiger partial charge on any atom is 0.199 e. The molecule has 1 aliphatic rings. The van der Waals surface area contributed by atoms with Crippen LogP contribution in [-0.2, 0) is 0 Å². The van der Waals surface area contributed by atoms with Crippen molar-refractivity contribution in [2.45, 2.75) is 0 Å². The number of hydrogen-bond donors (Lipinski definition) is 0. The molecule has 1 rings (SSSR count). The Morgan fingerprint density at radius 1 is 1.83 bits per heavy atom. The molecule has 0 atom stereocenters. The Balaban J connectivity index is 2.86. The van der Waals surface area contributed by atoms with Gasteiger partial charge in [-0.3, -0.25) is 0 Å². The zero-order chi connectivity index (χ0) is 4.41. The first-order valence-corrected chi connectivity index (χ1v) is 1.83. The van der Waals surface area contributed by atoms with Crippen LogP contribution >= 0.6 is 12.2 Å². The fourth-order valence-electron chi connectivity index (χ4n) is 0.191. The van der Waals surface area contributed by atoms with Gasteiger partial charge in [-0.1, -0.05) is 12.2 Å². The first-order chi connectivity index (χ1) is 2.89. The summed E-state index contributed by atoms with van der Waals surface area (Å²) in [5.41, 5.74) is 0. The molecular weight excluding hydrogens is 96.1 g/mol. The monoisotopic (exact) mass is 97.0 g/mol. The number of hydrogen-bond acceptors (Lipinski definition) is 2. The van der Waals surface area contributed by atoms with Crippen LogP contribution in [0.2, 0.25) is 0 Å². The maximum absolute atomic E-state index is 4.54. The molecule has 0 saturated carbocycles. The van der Waals surface area contributed by atoms with E-state index in [0.717, 1.165) is 0 Å². The summed E-state index contributed by atoms with van der Waals surface area (Å²) in [6.45, 7) is 0. The molecule has 0 fully saturated rings. The van der Waals surface area contributed by atoms with E-state index in [1.54, 1.807) is 0 Å². The molecular formula is C3HN2S. The zero-order valence-electron chi connectivity index (χ0n) is 2.88. The first kappa shape index (κ1) is 3.61. The average Bonchev–Trinajstić information content (AvgIpc) is 1.86. The third-order valence-electron chi connectivity index (χ3n) is 0.393. The minimum absolute atomic E-state index is 0.509. The van der Waals surface area contributed by atoms with Crippen molar-refractivity contribution in [1.82, 2.24) is 0 Å². The number of aliphatic imine (C=N–C) groups is 2. The minimum Gasteiger partial charge on any atom is -0.231 e. The Hall–Kier alpha value is -0.570. The Kier molecular flexibility index (Phi) is 0.759. The van der Waals surface area contributed by atoms with Crippen molar-refractivity contribution < 1.29 is 0 Å². The molecule has 0 aromatic heterocycles. The van der Waals surface area contributed by atoms with E-state index >= 15 is 0 Å². The van der Waals surface area contributed by atoms with Crippen LogP contribution in [0.1, 0.15) is 0 Å². The minimum atomic E-state index is 0.509. The smallest absolute Gasteiger partial charge is 0.199 e. The molecule has 0 aromatic carbocycles. The summed E-state index contributed by atoms with van der Waals surface area (Å²) in [4.78, 5) is 7.49. The Morgan fingerprint density at radius 3 is 2.83 bits per heavy atom. The number of nitrogens with zero attached hydrogens (tertiary/aromatic N) is 2. The molecule has 0 aliphatic carbocycles. The van der Waals surface area contributed by atoms with Crippen LogP contribution in [0.25, 0.3) is 0 Å². The second-order valence-electron chi connectivity index (χ2n) is 0.808. The Labute approximate surface area is 40.6 Å². The Bertz CT molecular complexity index is 111. The molecule has 2 nitrogen and oxygen atoms in total. The second kappa shape index (κ2) is 1.26. The molecule has 0 bridgehead atoms. The molecule has 0 amide bonds. The van der Waals surface area contributed by atoms with E-state index in [2.05, 4.69) is 28.5 Å². The standard InChI is InChI=1S/C3HN2S/c6-3-1-4-2-5-3/h1H. The summed E-state index contributed by atoms with van der Waals surface area (Å²) in [5.74, 6) is 0. The van der Waals surface area contributed by atoms with Crippen molar-refractivity contribution in [2.24, 2.45) is 9.98 Å². The van der Waals surface area contributed by atoms with Gasteiger partial charge >= 0.3 is 0 Å². The molecule has 0 aromatic rings. The summed E-state index contributed by atoms with van der Waals surface area (Å²) in [7, 11) is 0. The van der Waals surface area contributed by atoms with Crippen LogP contribution < -0.4 is 0 Å². The topological polar surface area (TPSA) is 24.7 Å². The summed E-state index contributed by atoms with van der Waals surface area (Å²) >= 11 is 4.54. The van der Waals surface area contributed by atoms with Gasteiger partial charge in [0.05, 0.1) is 6.21 Å². The summed E-state index contributed by atoms with van der Waals surface area (Å²) in [6.07, 6.45) is 3.81. The van der Waals surface area contributed by atoms with Gasteiger partial charge in [0.2, 0.25) is 0 Å². The molecule has 3 heteroatoms. The fourth-order valence-corrected chi connectivity index (χ4v) is 0.285. The fraction of sp³-hybridized carbons (Fsp3) is 0. The molecule has 0 unspecified atom stereocenters. The van der Waals surface area contributed by atoms with Gasteiger partial charge in [0.1, 0.15) is 4.99 Å². The summed E-state index contributed by atoms with van der Waals surface area (Å²) < 4.78 is 0. The lowest BCUT2D eigenvalue weighted by molar-refractivity contribution is 1.79. The van der Waals surface area contributed by atoms with Crippen molar-refractivity contribution >= 4 is 29.8 Å². The van der Waals surface area contributed by atoms with E-state index in [9.17, 15) is 0 Å². The van der Waals surface area contributed by atoms with E-state index < -0.39 is 0 Å². The van der Waals surface area contributed by atoms with Gasteiger partial charge in [0.15, 0.2) is 6.34 Å². The SMILES string of the molecule is S=C1C=N[C]=N1. The molecule has 1 heterocycles. The lowest BCUT2D eigenvalue weighted by atomic mass is 10.8. The van der Waals surface area contributed by atoms with Gasteiger partial charge in [-0.05, 0) is 0 Å². The highest BCUT2D eigenvalue weighted by Gasteiger charge is 1.87. The average molecular weight is 97.1 g/mol. The second-order valence-corrected chi connectivity index (χ2v) is 1.23. The normalized spacial score (nSPS) is 17.0. The quantitative estimate of drug-likeness (QED) is 0.399. The van der Waals surface area contributed by atoms with E-state index in [-0.39, 0.29) is 0 Å². The first-order valence-electron chi connectivity index (χ1n) is 1.42. The summed E-state index contributed by atoms with van der Waals surface area (Å²) in [6, 6.07) is 0. The molecule has 29 valence electrons. The lowest BCUT2D eigenvalue weighted by Crippen LogP contribution is -1.79. The largest absolute Gasteiger partial charge is 0.231 e. The predicted octanol–water partition coefficient (Wildman–Crippen LogP) is 0.303. The van der Waals surface area contributed by atoms with Gasteiger partial charge in [-0.25, -0.2) is 9.98 Å². The van der Waals surface area contributed by atoms with Crippen molar-refractivity contribution in [3.8, 4) is 0 Å². The van der Waals surface area contributed by atoms with Gasteiger partial charge in [0.25, 0.3) is 0 Å². The highest BCUT2D eigenvalue weighted by atomic mass is 32.1. The highest BCUT2D eigenvalue weighted by molar-refractivity contribution is 7.81. The predicted molar refractivity (Wildman–Crippen MR) is 28.5 cm³/mol. The van der Waals surface area contributed by atoms with Gasteiger partial charge in [-0.15, -0.1) is 0 Å². The van der Waals surface area contributed by atoms with Crippen LogP contribution in [-0.4, -0.2) is 17.5 Å².